The molecule has 0 saturated heterocycles. The van der Waals surface area contributed by atoms with Crippen molar-refractivity contribution in [1.82, 2.24) is 4.98 Å². The molecule has 3 nitrogen and oxygen atoms in total. The Morgan fingerprint density at radius 1 is 1.44 bits per heavy atom. The Balaban J connectivity index is 2.13. The van der Waals surface area contributed by atoms with Gasteiger partial charge in [0.25, 0.3) is 0 Å². The fraction of sp³-hybridized carbons (Fsp3) is 0.538. The van der Waals surface area contributed by atoms with Gasteiger partial charge in [0.05, 0.1) is 0 Å². The molecule has 0 unspecified atom stereocenters. The van der Waals surface area contributed by atoms with E-state index in [0.717, 1.165) is 6.42 Å². The average Bonchev–Trinajstić information content (AvgIpc) is 2.80. The molecule has 16 heavy (non-hydrogen) atoms. The van der Waals surface area contributed by atoms with Crippen molar-refractivity contribution in [2.24, 2.45) is 5.73 Å². The van der Waals surface area contributed by atoms with Gasteiger partial charge in [-0.2, -0.15) is 0 Å². The molecular weight excluding hydrogens is 200 g/mol. The number of pyridine rings is 1. The van der Waals surface area contributed by atoms with E-state index in [9.17, 15) is 4.79 Å². The molecule has 0 atom stereocenters. The van der Waals surface area contributed by atoms with E-state index in [1.165, 1.54) is 36.8 Å². The standard InChI is InChI=1S/C13H18N2O/c14-13(16)6-5-11-7-8-15-9-12(11)10-3-1-2-4-10/h7-10H,1-6H2,(H2,14,16). The van der Waals surface area contributed by atoms with E-state index < -0.39 is 0 Å². The number of amides is 1. The zero-order valence-corrected chi connectivity index (χ0v) is 9.48. The third-order valence-electron chi connectivity index (χ3n) is 3.38. The van der Waals surface area contributed by atoms with Crippen LogP contribution in [-0.2, 0) is 11.2 Å². The van der Waals surface area contributed by atoms with Crippen LogP contribution in [0.1, 0.15) is 49.1 Å². The molecule has 0 bridgehead atoms. The van der Waals surface area contributed by atoms with Crippen LogP contribution >= 0.6 is 0 Å². The number of hydrogen-bond donors (Lipinski definition) is 1. The largest absolute Gasteiger partial charge is 0.370 e. The summed E-state index contributed by atoms with van der Waals surface area (Å²) in [5.41, 5.74) is 7.77. The van der Waals surface area contributed by atoms with Gasteiger partial charge in [0.15, 0.2) is 0 Å². The highest BCUT2D eigenvalue weighted by atomic mass is 16.1. The Kier molecular flexibility index (Phi) is 3.54. The minimum atomic E-state index is -0.228. The third kappa shape index (κ3) is 2.60. The second-order valence-electron chi connectivity index (χ2n) is 4.52. The van der Waals surface area contributed by atoms with Crippen LogP contribution < -0.4 is 5.73 Å². The minimum absolute atomic E-state index is 0.228. The van der Waals surface area contributed by atoms with Gasteiger partial charge >= 0.3 is 0 Å². The van der Waals surface area contributed by atoms with Gasteiger partial charge in [0.2, 0.25) is 5.91 Å². The molecule has 3 heteroatoms. The van der Waals surface area contributed by atoms with Gasteiger partial charge in [0.1, 0.15) is 0 Å². The quantitative estimate of drug-likeness (QED) is 0.842. The van der Waals surface area contributed by atoms with Crippen LogP contribution in [0.5, 0.6) is 0 Å². The molecule has 0 aromatic carbocycles. The first kappa shape index (κ1) is 11.1. The van der Waals surface area contributed by atoms with E-state index in [1.54, 1.807) is 6.20 Å². The van der Waals surface area contributed by atoms with Gasteiger partial charge in [-0.3, -0.25) is 9.78 Å². The summed E-state index contributed by atoms with van der Waals surface area (Å²) in [4.78, 5) is 15.0. The first-order valence-corrected chi connectivity index (χ1v) is 5.98. The molecule has 1 amide bonds. The number of nitrogens with two attached hydrogens (primary N) is 1. The Bertz CT molecular complexity index is 370. The van der Waals surface area contributed by atoms with Crippen molar-refractivity contribution in [3.8, 4) is 0 Å². The van der Waals surface area contributed by atoms with Crippen LogP contribution in [0.3, 0.4) is 0 Å². The predicted octanol–water partition coefficient (Wildman–Crippen LogP) is 2.16. The van der Waals surface area contributed by atoms with Crippen molar-refractivity contribution in [2.45, 2.75) is 44.4 Å². The average molecular weight is 218 g/mol. The zero-order chi connectivity index (χ0) is 11.4. The summed E-state index contributed by atoms with van der Waals surface area (Å²) >= 11 is 0. The van der Waals surface area contributed by atoms with Crippen molar-refractivity contribution in [2.75, 3.05) is 0 Å². The number of carbonyl (C=O) groups is 1. The fourth-order valence-electron chi connectivity index (χ4n) is 2.53. The highest BCUT2D eigenvalue weighted by Crippen LogP contribution is 2.35. The van der Waals surface area contributed by atoms with Crippen molar-refractivity contribution in [3.63, 3.8) is 0 Å². The summed E-state index contributed by atoms with van der Waals surface area (Å²) in [6.07, 6.45) is 10.1. The number of primary amides is 1. The van der Waals surface area contributed by atoms with Gasteiger partial charge in [-0.1, -0.05) is 12.8 Å². The molecule has 0 spiro atoms. The first-order valence-electron chi connectivity index (χ1n) is 5.98. The molecule has 1 heterocycles. The zero-order valence-electron chi connectivity index (χ0n) is 9.48. The lowest BCUT2D eigenvalue weighted by molar-refractivity contribution is -0.117. The maximum atomic E-state index is 10.8. The van der Waals surface area contributed by atoms with Gasteiger partial charge in [-0.05, 0) is 42.4 Å². The van der Waals surface area contributed by atoms with Crippen molar-refractivity contribution >= 4 is 5.91 Å². The second kappa shape index (κ2) is 5.10. The minimum Gasteiger partial charge on any atom is -0.370 e. The Morgan fingerprint density at radius 3 is 2.88 bits per heavy atom. The molecule has 1 aromatic rings. The third-order valence-corrected chi connectivity index (χ3v) is 3.38. The van der Waals surface area contributed by atoms with Gasteiger partial charge in [-0.15, -0.1) is 0 Å². The number of aryl methyl sites for hydroxylation is 1. The van der Waals surface area contributed by atoms with E-state index in [2.05, 4.69) is 4.98 Å². The Hall–Kier alpha value is -1.38. The first-order chi connectivity index (χ1) is 7.77. The molecule has 2 rings (SSSR count). The summed E-state index contributed by atoms with van der Waals surface area (Å²) in [5, 5.41) is 0. The highest BCUT2D eigenvalue weighted by Gasteiger charge is 2.19. The van der Waals surface area contributed by atoms with Gasteiger partial charge < -0.3 is 5.73 Å². The van der Waals surface area contributed by atoms with Crippen LogP contribution in [-0.4, -0.2) is 10.9 Å². The summed E-state index contributed by atoms with van der Waals surface area (Å²) in [7, 11) is 0. The van der Waals surface area contributed by atoms with E-state index in [-0.39, 0.29) is 5.91 Å². The molecule has 1 aliphatic carbocycles. The van der Waals surface area contributed by atoms with Crippen LogP contribution in [0.15, 0.2) is 18.5 Å². The Morgan fingerprint density at radius 2 is 2.19 bits per heavy atom. The lowest BCUT2D eigenvalue weighted by atomic mass is 9.93. The van der Waals surface area contributed by atoms with Crippen LogP contribution in [0, 0.1) is 0 Å². The monoisotopic (exact) mass is 218 g/mol. The van der Waals surface area contributed by atoms with Crippen LogP contribution in [0.4, 0.5) is 0 Å². The van der Waals surface area contributed by atoms with Crippen LogP contribution in [0.2, 0.25) is 0 Å². The lowest BCUT2D eigenvalue weighted by Crippen LogP contribution is -2.12. The predicted molar refractivity (Wildman–Crippen MR) is 63.0 cm³/mol. The Labute approximate surface area is 96.1 Å². The highest BCUT2D eigenvalue weighted by molar-refractivity contribution is 5.74. The van der Waals surface area contributed by atoms with E-state index >= 15 is 0 Å². The van der Waals surface area contributed by atoms with Crippen molar-refractivity contribution in [3.05, 3.63) is 29.6 Å². The van der Waals surface area contributed by atoms with E-state index in [1.807, 2.05) is 12.3 Å². The number of carbonyl (C=O) groups excluding carboxylic acids is 1. The summed E-state index contributed by atoms with van der Waals surface area (Å²) in [5.74, 6) is 0.422. The normalized spacial score (nSPS) is 16.5. The van der Waals surface area contributed by atoms with Crippen molar-refractivity contribution < 1.29 is 4.79 Å². The summed E-state index contributed by atoms with van der Waals surface area (Å²) < 4.78 is 0. The molecule has 0 radical (unpaired) electrons. The van der Waals surface area contributed by atoms with E-state index in [4.69, 9.17) is 5.73 Å². The van der Waals surface area contributed by atoms with Crippen LogP contribution in [0.25, 0.3) is 0 Å². The second-order valence-corrected chi connectivity index (χ2v) is 4.52. The summed E-state index contributed by atoms with van der Waals surface area (Å²) in [6, 6.07) is 2.02. The fourth-order valence-corrected chi connectivity index (χ4v) is 2.53. The maximum absolute atomic E-state index is 10.8. The topological polar surface area (TPSA) is 56.0 Å². The molecule has 1 aliphatic rings. The number of rotatable bonds is 4. The van der Waals surface area contributed by atoms with E-state index in [0.29, 0.717) is 12.3 Å². The smallest absolute Gasteiger partial charge is 0.217 e. The van der Waals surface area contributed by atoms with Crippen molar-refractivity contribution in [1.29, 1.82) is 0 Å². The lowest BCUT2D eigenvalue weighted by Gasteiger charge is -2.13. The number of nitrogens with zero attached hydrogens (tertiary/aromatic N) is 1. The molecule has 1 fully saturated rings. The van der Waals surface area contributed by atoms with Gasteiger partial charge in [-0.25, -0.2) is 0 Å². The molecule has 1 saturated carbocycles. The molecule has 1 aromatic heterocycles. The molecule has 0 aliphatic heterocycles. The number of hydrogen-bond acceptors (Lipinski definition) is 2. The summed E-state index contributed by atoms with van der Waals surface area (Å²) in [6.45, 7) is 0. The SMILES string of the molecule is NC(=O)CCc1ccncc1C1CCCC1. The molecule has 86 valence electrons. The van der Waals surface area contributed by atoms with Gasteiger partial charge in [0, 0.05) is 18.8 Å². The maximum Gasteiger partial charge on any atom is 0.217 e. The molecular formula is C13H18N2O. The number of aromatic nitrogens is 1. The molecule has 2 N–H and O–H groups in total.